The standard InChI is InChI=1S/C17H20N6/c1-2-15-22-17(20-12-13-3-8-18-9-4-13)16(23(15)21-7-1)14-5-10-19-11-6-14/h1-2,5-7,10-11,13,18,20H,3-4,8-9,12H2. The van der Waals surface area contributed by atoms with Crippen molar-refractivity contribution in [3.63, 3.8) is 0 Å². The van der Waals surface area contributed by atoms with E-state index in [9.17, 15) is 0 Å². The highest BCUT2D eigenvalue weighted by Crippen LogP contribution is 2.28. The second-order valence-electron chi connectivity index (χ2n) is 5.91. The first-order valence-corrected chi connectivity index (χ1v) is 8.10. The van der Waals surface area contributed by atoms with Crippen LogP contribution in [0.25, 0.3) is 16.9 Å². The van der Waals surface area contributed by atoms with E-state index in [1.165, 1.54) is 12.8 Å². The molecule has 1 fully saturated rings. The molecule has 0 radical (unpaired) electrons. The Bertz CT molecular complexity index is 776. The minimum absolute atomic E-state index is 0.694. The monoisotopic (exact) mass is 308 g/mol. The molecule has 3 aromatic heterocycles. The Labute approximate surface area is 135 Å². The zero-order chi connectivity index (χ0) is 15.5. The molecule has 0 spiro atoms. The van der Waals surface area contributed by atoms with Crippen LogP contribution in [0.4, 0.5) is 5.82 Å². The van der Waals surface area contributed by atoms with Crippen LogP contribution in [0.3, 0.4) is 0 Å². The van der Waals surface area contributed by atoms with Gasteiger partial charge in [0, 0.05) is 30.7 Å². The molecule has 0 saturated carbocycles. The van der Waals surface area contributed by atoms with Gasteiger partial charge in [0.15, 0.2) is 11.5 Å². The van der Waals surface area contributed by atoms with E-state index < -0.39 is 0 Å². The fourth-order valence-corrected chi connectivity index (χ4v) is 3.11. The van der Waals surface area contributed by atoms with Crippen molar-refractivity contribution in [3.8, 4) is 11.3 Å². The fraction of sp³-hybridized carbons (Fsp3) is 0.353. The van der Waals surface area contributed by atoms with Crippen LogP contribution in [0, 0.1) is 5.92 Å². The van der Waals surface area contributed by atoms with Crippen molar-refractivity contribution in [2.24, 2.45) is 5.92 Å². The van der Waals surface area contributed by atoms with Gasteiger partial charge < -0.3 is 10.6 Å². The maximum atomic E-state index is 4.73. The van der Waals surface area contributed by atoms with Crippen molar-refractivity contribution >= 4 is 11.5 Å². The number of fused-ring (bicyclic) bond motifs is 1. The smallest absolute Gasteiger partial charge is 0.156 e. The van der Waals surface area contributed by atoms with Crippen LogP contribution in [0.1, 0.15) is 12.8 Å². The molecule has 118 valence electrons. The Hall–Kier alpha value is -2.47. The van der Waals surface area contributed by atoms with Crippen molar-refractivity contribution in [2.45, 2.75) is 12.8 Å². The largest absolute Gasteiger partial charge is 0.368 e. The summed E-state index contributed by atoms with van der Waals surface area (Å²) < 4.78 is 1.89. The van der Waals surface area contributed by atoms with Gasteiger partial charge in [0.25, 0.3) is 0 Å². The molecule has 0 amide bonds. The van der Waals surface area contributed by atoms with Gasteiger partial charge in [-0.2, -0.15) is 5.10 Å². The zero-order valence-electron chi connectivity index (χ0n) is 12.9. The summed E-state index contributed by atoms with van der Waals surface area (Å²) in [6.45, 7) is 3.16. The average molecular weight is 308 g/mol. The number of rotatable bonds is 4. The Morgan fingerprint density at radius 3 is 2.78 bits per heavy atom. The van der Waals surface area contributed by atoms with Crippen LogP contribution < -0.4 is 10.6 Å². The zero-order valence-corrected chi connectivity index (χ0v) is 12.9. The van der Waals surface area contributed by atoms with Crippen LogP contribution in [0.2, 0.25) is 0 Å². The van der Waals surface area contributed by atoms with E-state index in [4.69, 9.17) is 4.98 Å². The van der Waals surface area contributed by atoms with Crippen molar-refractivity contribution in [1.82, 2.24) is 24.9 Å². The molecule has 0 unspecified atom stereocenters. The van der Waals surface area contributed by atoms with Gasteiger partial charge in [-0.05, 0) is 56.1 Å². The first-order valence-electron chi connectivity index (χ1n) is 8.10. The third kappa shape index (κ3) is 2.90. The van der Waals surface area contributed by atoms with Gasteiger partial charge in [-0.15, -0.1) is 0 Å². The number of piperidine rings is 1. The molecule has 6 nitrogen and oxygen atoms in total. The molecule has 4 heterocycles. The van der Waals surface area contributed by atoms with Gasteiger partial charge in [0.05, 0.1) is 0 Å². The van der Waals surface area contributed by atoms with Crippen LogP contribution in [0.15, 0.2) is 42.9 Å². The number of anilines is 1. The van der Waals surface area contributed by atoms with E-state index in [1.54, 1.807) is 18.6 Å². The van der Waals surface area contributed by atoms with E-state index in [1.807, 2.05) is 28.8 Å². The van der Waals surface area contributed by atoms with Crippen molar-refractivity contribution in [2.75, 3.05) is 25.0 Å². The topological polar surface area (TPSA) is 67.1 Å². The lowest BCUT2D eigenvalue weighted by molar-refractivity contribution is 0.389. The number of nitrogens with one attached hydrogen (secondary N) is 2. The molecule has 0 aromatic carbocycles. The number of nitrogens with zero attached hydrogens (tertiary/aromatic N) is 4. The molecule has 1 saturated heterocycles. The Balaban J connectivity index is 1.67. The molecule has 1 aliphatic heterocycles. The summed E-state index contributed by atoms with van der Waals surface area (Å²) in [5.41, 5.74) is 2.92. The molecule has 2 N–H and O–H groups in total. The second-order valence-corrected chi connectivity index (χ2v) is 5.91. The summed E-state index contributed by atoms with van der Waals surface area (Å²) in [5, 5.41) is 11.4. The predicted molar refractivity (Wildman–Crippen MR) is 90.3 cm³/mol. The van der Waals surface area contributed by atoms with E-state index in [0.29, 0.717) is 5.92 Å². The van der Waals surface area contributed by atoms with Gasteiger partial charge in [-0.25, -0.2) is 9.50 Å². The lowest BCUT2D eigenvalue weighted by Gasteiger charge is -2.22. The van der Waals surface area contributed by atoms with E-state index >= 15 is 0 Å². The number of aromatic nitrogens is 4. The highest BCUT2D eigenvalue weighted by molar-refractivity contribution is 5.75. The summed E-state index contributed by atoms with van der Waals surface area (Å²) in [7, 11) is 0. The Kier molecular flexibility index (Phi) is 3.90. The molecular formula is C17H20N6. The summed E-state index contributed by atoms with van der Waals surface area (Å²) in [6.07, 6.45) is 7.81. The second kappa shape index (κ2) is 6.34. The molecule has 3 aromatic rings. The third-order valence-electron chi connectivity index (χ3n) is 4.36. The minimum atomic E-state index is 0.694. The van der Waals surface area contributed by atoms with Crippen molar-refractivity contribution < 1.29 is 0 Å². The van der Waals surface area contributed by atoms with E-state index in [2.05, 4.69) is 20.7 Å². The number of hydrogen-bond acceptors (Lipinski definition) is 5. The van der Waals surface area contributed by atoms with E-state index in [0.717, 1.165) is 42.4 Å². The molecule has 0 atom stereocenters. The molecule has 4 rings (SSSR count). The summed E-state index contributed by atoms with van der Waals surface area (Å²) in [6, 6.07) is 7.88. The number of pyridine rings is 1. The van der Waals surface area contributed by atoms with Crippen molar-refractivity contribution in [1.29, 1.82) is 0 Å². The van der Waals surface area contributed by atoms with E-state index in [-0.39, 0.29) is 0 Å². The quantitative estimate of drug-likeness (QED) is 0.773. The lowest BCUT2D eigenvalue weighted by Crippen LogP contribution is -2.31. The SMILES string of the molecule is c1cnn2c(-c3ccncc3)c(NCC3CCNCC3)nc2c1. The van der Waals surface area contributed by atoms with Crippen LogP contribution in [-0.2, 0) is 0 Å². The first-order chi connectivity index (χ1) is 11.4. The Morgan fingerprint density at radius 2 is 1.96 bits per heavy atom. The normalized spacial score (nSPS) is 15.8. The fourth-order valence-electron chi connectivity index (χ4n) is 3.11. The molecule has 0 bridgehead atoms. The van der Waals surface area contributed by atoms with Gasteiger partial charge >= 0.3 is 0 Å². The van der Waals surface area contributed by atoms with Crippen LogP contribution >= 0.6 is 0 Å². The number of imidazole rings is 1. The summed E-state index contributed by atoms with van der Waals surface area (Å²) in [4.78, 5) is 8.83. The molecular weight excluding hydrogens is 288 g/mol. The maximum absolute atomic E-state index is 4.73. The summed E-state index contributed by atoms with van der Waals surface area (Å²) in [5.74, 6) is 1.59. The molecule has 23 heavy (non-hydrogen) atoms. The minimum Gasteiger partial charge on any atom is -0.368 e. The van der Waals surface area contributed by atoms with Crippen LogP contribution in [-0.4, -0.2) is 39.2 Å². The molecule has 6 heteroatoms. The molecule has 0 aliphatic carbocycles. The number of hydrogen-bond donors (Lipinski definition) is 2. The average Bonchev–Trinajstić information content (AvgIpc) is 3.00. The van der Waals surface area contributed by atoms with Gasteiger partial charge in [0.2, 0.25) is 0 Å². The lowest BCUT2D eigenvalue weighted by atomic mass is 9.98. The molecule has 1 aliphatic rings. The van der Waals surface area contributed by atoms with Gasteiger partial charge in [-0.1, -0.05) is 0 Å². The third-order valence-corrected chi connectivity index (χ3v) is 4.36. The summed E-state index contributed by atoms with van der Waals surface area (Å²) >= 11 is 0. The Morgan fingerprint density at radius 1 is 1.13 bits per heavy atom. The van der Waals surface area contributed by atoms with Crippen LogP contribution in [0.5, 0.6) is 0 Å². The van der Waals surface area contributed by atoms with Gasteiger partial charge in [-0.3, -0.25) is 4.98 Å². The van der Waals surface area contributed by atoms with Crippen molar-refractivity contribution in [3.05, 3.63) is 42.9 Å². The highest BCUT2D eigenvalue weighted by atomic mass is 15.3. The predicted octanol–water partition coefficient (Wildman–Crippen LogP) is 2.20. The highest BCUT2D eigenvalue weighted by Gasteiger charge is 2.17. The first kappa shape index (κ1) is 14.1. The maximum Gasteiger partial charge on any atom is 0.156 e. The van der Waals surface area contributed by atoms with Gasteiger partial charge in [0.1, 0.15) is 5.69 Å².